The van der Waals surface area contributed by atoms with E-state index in [9.17, 15) is 0 Å². The minimum Gasteiger partial charge on any atom is -0.140 e. The third-order valence-electron chi connectivity index (χ3n) is 9.93. The molecule has 2 aromatic heterocycles. The highest BCUT2D eigenvalue weighted by molar-refractivity contribution is 7.20. The van der Waals surface area contributed by atoms with Crippen LogP contribution in [-0.4, -0.2) is 0 Å². The number of allylic oxidation sites excluding steroid dienone is 7. The van der Waals surface area contributed by atoms with Crippen molar-refractivity contribution in [2.75, 3.05) is 0 Å². The molecule has 0 bridgehead atoms. The summed E-state index contributed by atoms with van der Waals surface area (Å²) in [7, 11) is 0. The van der Waals surface area contributed by atoms with E-state index in [0.29, 0.717) is 5.92 Å². The van der Waals surface area contributed by atoms with Crippen molar-refractivity contribution in [3.63, 3.8) is 0 Å². The van der Waals surface area contributed by atoms with E-state index in [0.717, 1.165) is 5.92 Å². The van der Waals surface area contributed by atoms with Crippen LogP contribution in [-0.2, 0) is 19.3 Å². The topological polar surface area (TPSA) is 0 Å². The quantitative estimate of drug-likeness (QED) is 0.271. The lowest BCUT2D eigenvalue weighted by atomic mass is 9.78. The molecule has 2 unspecified atom stereocenters. The number of rotatable bonds is 5. The largest absolute Gasteiger partial charge is 0.140 e. The molecule has 0 aliphatic heterocycles. The minimum atomic E-state index is 0.644. The maximum absolute atomic E-state index is 4.58. The first-order valence-electron chi connectivity index (χ1n) is 15.7. The summed E-state index contributed by atoms with van der Waals surface area (Å²) >= 11 is 4.07. The van der Waals surface area contributed by atoms with Gasteiger partial charge >= 0.3 is 0 Å². The number of fused-ring (bicyclic) bond motifs is 4. The molecule has 3 aromatic rings. The van der Waals surface area contributed by atoms with Crippen LogP contribution in [0.4, 0.5) is 0 Å². The van der Waals surface area contributed by atoms with Gasteiger partial charge in [-0.25, -0.2) is 0 Å². The Bertz CT molecular complexity index is 1660. The van der Waals surface area contributed by atoms with Gasteiger partial charge < -0.3 is 0 Å². The Hall–Kier alpha value is -2.42. The summed E-state index contributed by atoms with van der Waals surface area (Å²) in [5, 5.41) is 2.86. The fourth-order valence-corrected chi connectivity index (χ4v) is 10.5. The third kappa shape index (κ3) is 4.96. The summed E-state index contributed by atoms with van der Waals surface area (Å²) in [4.78, 5) is 3.11. The van der Waals surface area contributed by atoms with Gasteiger partial charge in [0.2, 0.25) is 0 Å². The van der Waals surface area contributed by atoms with Crippen LogP contribution in [0, 0.1) is 11.8 Å². The van der Waals surface area contributed by atoms with Gasteiger partial charge in [-0.3, -0.25) is 0 Å². The molecular formula is C38H42S2. The van der Waals surface area contributed by atoms with Gasteiger partial charge in [0.25, 0.3) is 0 Å². The zero-order valence-corrected chi connectivity index (χ0v) is 25.7. The van der Waals surface area contributed by atoms with Gasteiger partial charge in [0, 0.05) is 19.0 Å². The molecule has 4 aliphatic carbocycles. The monoisotopic (exact) mass is 562 g/mol. The first-order valence-corrected chi connectivity index (χ1v) is 17.4. The molecule has 2 heteroatoms. The molecule has 0 N–H and O–H groups in total. The highest BCUT2D eigenvalue weighted by Gasteiger charge is 2.24. The molecule has 2 atom stereocenters. The van der Waals surface area contributed by atoms with Crippen LogP contribution < -0.4 is 9.75 Å². The summed E-state index contributed by atoms with van der Waals surface area (Å²) in [6.45, 7) is 6.75. The van der Waals surface area contributed by atoms with E-state index >= 15 is 0 Å². The first kappa shape index (κ1) is 26.5. The predicted octanol–water partition coefficient (Wildman–Crippen LogP) is 9.94. The van der Waals surface area contributed by atoms with Gasteiger partial charge in [-0.15, -0.1) is 22.7 Å². The molecule has 0 spiro atoms. The lowest BCUT2D eigenvalue weighted by Crippen LogP contribution is -2.26. The van der Waals surface area contributed by atoms with Gasteiger partial charge in [0.1, 0.15) is 0 Å². The Morgan fingerprint density at radius 1 is 0.975 bits per heavy atom. The smallest absolute Gasteiger partial charge is 0.0427 e. The highest BCUT2D eigenvalue weighted by Crippen LogP contribution is 2.43. The van der Waals surface area contributed by atoms with E-state index in [2.05, 4.69) is 79.5 Å². The van der Waals surface area contributed by atoms with E-state index in [1.54, 1.807) is 32.7 Å². The second kappa shape index (κ2) is 11.5. The number of thiophene rings is 2. The van der Waals surface area contributed by atoms with Crippen molar-refractivity contribution in [3.05, 3.63) is 90.3 Å². The lowest BCUT2D eigenvalue weighted by molar-refractivity contribution is 0.458. The molecule has 0 nitrogen and oxygen atoms in total. The van der Waals surface area contributed by atoms with Gasteiger partial charge in [-0.1, -0.05) is 60.7 Å². The average molecular weight is 563 g/mol. The number of hydrogen-bond donors (Lipinski definition) is 0. The predicted molar refractivity (Wildman–Crippen MR) is 178 cm³/mol. The number of aryl methyl sites for hydroxylation is 2. The van der Waals surface area contributed by atoms with Crippen molar-refractivity contribution in [2.24, 2.45) is 11.8 Å². The van der Waals surface area contributed by atoms with E-state index in [1.807, 2.05) is 11.3 Å². The maximum Gasteiger partial charge on any atom is 0.0427 e. The number of benzene rings is 1. The molecule has 0 amide bonds. The second-order valence-electron chi connectivity index (χ2n) is 12.4. The summed E-state index contributed by atoms with van der Waals surface area (Å²) in [6.07, 6.45) is 31.0. The molecule has 40 heavy (non-hydrogen) atoms. The summed E-state index contributed by atoms with van der Waals surface area (Å²) in [6, 6.07) is 7.02. The summed E-state index contributed by atoms with van der Waals surface area (Å²) in [5.74, 6) is 1.45. The SMILES string of the molecule is C=c1c2c(s/c1=C(/C=C\C)C1CC=C(CC3CC=C(c4cccc5c6c(sc45)C=CCC6)CC3)CC1)CCCC2. The molecule has 1 aromatic carbocycles. The lowest BCUT2D eigenvalue weighted by Gasteiger charge is -2.27. The normalized spacial score (nSPS) is 23.6. The van der Waals surface area contributed by atoms with Crippen LogP contribution in [0.15, 0.2) is 54.2 Å². The van der Waals surface area contributed by atoms with Crippen LogP contribution in [0.5, 0.6) is 0 Å². The summed E-state index contributed by atoms with van der Waals surface area (Å²) in [5.41, 5.74) is 9.55. The molecule has 206 valence electrons. The van der Waals surface area contributed by atoms with Crippen molar-refractivity contribution in [3.8, 4) is 0 Å². The van der Waals surface area contributed by atoms with Crippen LogP contribution in [0.25, 0.3) is 33.9 Å². The first-order chi connectivity index (χ1) is 19.7. The highest BCUT2D eigenvalue weighted by atomic mass is 32.1. The fraction of sp³-hybridized carbons (Fsp3) is 0.421. The van der Waals surface area contributed by atoms with Gasteiger partial charge in [-0.05, 0) is 147 Å². The molecule has 0 saturated heterocycles. The zero-order valence-electron chi connectivity index (χ0n) is 24.1. The Balaban J connectivity index is 1.05. The molecular weight excluding hydrogens is 521 g/mol. The van der Waals surface area contributed by atoms with E-state index in [-0.39, 0.29) is 0 Å². The summed E-state index contributed by atoms with van der Waals surface area (Å²) < 4.78 is 3.02. The minimum absolute atomic E-state index is 0.644. The molecule has 4 aliphatic rings. The van der Waals surface area contributed by atoms with Crippen molar-refractivity contribution >= 4 is 56.6 Å². The third-order valence-corrected chi connectivity index (χ3v) is 12.6. The molecule has 0 fully saturated rings. The Kier molecular flexibility index (Phi) is 7.58. The fourth-order valence-electron chi connectivity index (χ4n) is 7.74. The van der Waals surface area contributed by atoms with E-state index in [4.69, 9.17) is 0 Å². The van der Waals surface area contributed by atoms with Crippen LogP contribution in [0.1, 0.15) is 97.6 Å². The van der Waals surface area contributed by atoms with E-state index < -0.39 is 0 Å². The van der Waals surface area contributed by atoms with Gasteiger partial charge in [-0.2, -0.15) is 0 Å². The van der Waals surface area contributed by atoms with Crippen molar-refractivity contribution in [1.29, 1.82) is 0 Å². The molecule has 2 heterocycles. The van der Waals surface area contributed by atoms with Gasteiger partial charge in [0.05, 0.1) is 0 Å². The molecule has 0 radical (unpaired) electrons. The molecule has 0 saturated carbocycles. The van der Waals surface area contributed by atoms with E-state index in [1.165, 1.54) is 114 Å². The van der Waals surface area contributed by atoms with Crippen LogP contribution >= 0.6 is 22.7 Å². The Labute approximate surface area is 248 Å². The Morgan fingerprint density at radius 2 is 1.90 bits per heavy atom. The zero-order chi connectivity index (χ0) is 27.1. The number of hydrogen-bond acceptors (Lipinski definition) is 2. The standard InChI is InChI=1S/C38H42S2/c1-3-9-31(37-25(2)30-10-4-6-14-35(30)39-37)28-20-16-26(17-21-28)24-27-18-22-29(23-19-27)32-12-8-13-34-33-11-5-7-15-36(33)40-38(32)34/h3,7-9,12-13,15-16,22,27-28H,2,4-6,10-11,14,17-21,23-24H2,1H3/b9-3-,37-31-. The van der Waals surface area contributed by atoms with Crippen LogP contribution in [0.2, 0.25) is 0 Å². The Morgan fingerprint density at radius 3 is 2.70 bits per heavy atom. The van der Waals surface area contributed by atoms with Gasteiger partial charge in [0.15, 0.2) is 0 Å². The van der Waals surface area contributed by atoms with Crippen molar-refractivity contribution in [2.45, 2.75) is 90.4 Å². The average Bonchev–Trinajstić information content (AvgIpc) is 3.55. The van der Waals surface area contributed by atoms with Crippen molar-refractivity contribution < 1.29 is 0 Å². The van der Waals surface area contributed by atoms with Crippen molar-refractivity contribution in [1.82, 2.24) is 0 Å². The maximum atomic E-state index is 4.58. The molecule has 7 rings (SSSR count). The van der Waals surface area contributed by atoms with Crippen LogP contribution in [0.3, 0.4) is 0 Å². The second-order valence-corrected chi connectivity index (χ2v) is 14.6.